The van der Waals surface area contributed by atoms with E-state index in [0.29, 0.717) is 5.75 Å². The summed E-state index contributed by atoms with van der Waals surface area (Å²) >= 11 is 0. The molecule has 0 saturated carbocycles. The second-order valence-corrected chi connectivity index (χ2v) is 4.30. The molecule has 102 valence electrons. The Morgan fingerprint density at radius 1 is 1.37 bits per heavy atom. The minimum atomic E-state index is -1.29. The van der Waals surface area contributed by atoms with E-state index in [1.165, 1.54) is 12.5 Å². The molecule has 1 aromatic carbocycles. The summed E-state index contributed by atoms with van der Waals surface area (Å²) in [6.07, 6.45) is 1.47. The average Bonchev–Trinajstić information content (AvgIpc) is 2.88. The summed E-state index contributed by atoms with van der Waals surface area (Å²) in [5.74, 6) is 0.623. The third-order valence-electron chi connectivity index (χ3n) is 2.95. The Hall–Kier alpha value is -1.84. The van der Waals surface area contributed by atoms with E-state index in [1.54, 1.807) is 10.7 Å². The first-order chi connectivity index (χ1) is 9.15. The molecule has 0 N–H and O–H groups in total. The second kappa shape index (κ2) is 5.43. The Labute approximate surface area is 113 Å². The molecule has 1 aliphatic rings. The van der Waals surface area contributed by atoms with Crippen LogP contribution >= 0.6 is 0 Å². The van der Waals surface area contributed by atoms with Crippen LogP contribution in [0.5, 0.6) is 5.75 Å². The SMILES string of the molecule is CC.CC(F)Oc1cccc2c1Cc1cn(C)nc1-2. The number of hydrogen-bond donors (Lipinski definition) is 0. The van der Waals surface area contributed by atoms with Gasteiger partial charge in [0, 0.05) is 43.3 Å². The van der Waals surface area contributed by atoms with Crippen molar-refractivity contribution in [3.05, 3.63) is 35.5 Å². The van der Waals surface area contributed by atoms with Crippen LogP contribution in [-0.4, -0.2) is 16.1 Å². The van der Waals surface area contributed by atoms with Crippen molar-refractivity contribution < 1.29 is 9.13 Å². The first-order valence-corrected chi connectivity index (χ1v) is 6.60. The van der Waals surface area contributed by atoms with Crippen molar-refractivity contribution in [2.45, 2.75) is 33.5 Å². The van der Waals surface area contributed by atoms with Crippen LogP contribution in [-0.2, 0) is 13.5 Å². The summed E-state index contributed by atoms with van der Waals surface area (Å²) in [6.45, 7) is 5.39. The summed E-state index contributed by atoms with van der Waals surface area (Å²) in [4.78, 5) is 0. The molecule has 1 aromatic heterocycles. The monoisotopic (exact) mass is 262 g/mol. The van der Waals surface area contributed by atoms with Crippen LogP contribution in [0.4, 0.5) is 4.39 Å². The summed E-state index contributed by atoms with van der Waals surface area (Å²) in [5.41, 5.74) is 4.25. The summed E-state index contributed by atoms with van der Waals surface area (Å²) in [7, 11) is 1.90. The molecule has 0 radical (unpaired) electrons. The summed E-state index contributed by atoms with van der Waals surface area (Å²) in [5, 5.41) is 4.42. The van der Waals surface area contributed by atoms with Gasteiger partial charge in [0.15, 0.2) is 0 Å². The Bertz CT molecular complexity index is 576. The Morgan fingerprint density at radius 3 is 2.79 bits per heavy atom. The molecule has 0 spiro atoms. The van der Waals surface area contributed by atoms with Crippen molar-refractivity contribution in [1.29, 1.82) is 0 Å². The van der Waals surface area contributed by atoms with Crippen LogP contribution in [0.15, 0.2) is 24.4 Å². The molecule has 1 atom stereocenters. The number of benzene rings is 1. The van der Waals surface area contributed by atoms with E-state index in [9.17, 15) is 4.39 Å². The largest absolute Gasteiger partial charge is 0.460 e. The lowest BCUT2D eigenvalue weighted by Crippen LogP contribution is -2.05. The van der Waals surface area contributed by atoms with Gasteiger partial charge in [0.05, 0.1) is 5.69 Å². The van der Waals surface area contributed by atoms with Gasteiger partial charge >= 0.3 is 0 Å². The highest BCUT2D eigenvalue weighted by Gasteiger charge is 2.25. The van der Waals surface area contributed by atoms with Crippen LogP contribution in [0.25, 0.3) is 11.3 Å². The van der Waals surface area contributed by atoms with Gasteiger partial charge in [-0.05, 0) is 6.07 Å². The number of halogens is 1. The maximum Gasteiger partial charge on any atom is 0.235 e. The molecular weight excluding hydrogens is 243 g/mol. The smallest absolute Gasteiger partial charge is 0.235 e. The van der Waals surface area contributed by atoms with Gasteiger partial charge in [-0.1, -0.05) is 26.0 Å². The molecule has 4 heteroatoms. The van der Waals surface area contributed by atoms with Crippen molar-refractivity contribution >= 4 is 0 Å². The van der Waals surface area contributed by atoms with E-state index in [1.807, 2.05) is 39.2 Å². The minimum Gasteiger partial charge on any atom is -0.460 e. The van der Waals surface area contributed by atoms with Crippen molar-refractivity contribution in [2.24, 2.45) is 7.05 Å². The maximum absolute atomic E-state index is 12.9. The van der Waals surface area contributed by atoms with Gasteiger partial charge in [-0.25, -0.2) is 4.39 Å². The third kappa shape index (κ3) is 2.48. The maximum atomic E-state index is 12.9. The van der Waals surface area contributed by atoms with Crippen LogP contribution < -0.4 is 4.74 Å². The molecular formula is C15H19FN2O. The molecule has 2 aromatic rings. The fourth-order valence-corrected chi connectivity index (χ4v) is 2.34. The number of nitrogens with zero attached hydrogens (tertiary/aromatic N) is 2. The highest BCUT2D eigenvalue weighted by Crippen LogP contribution is 2.40. The molecule has 0 bridgehead atoms. The van der Waals surface area contributed by atoms with Gasteiger partial charge in [-0.15, -0.1) is 0 Å². The Balaban J connectivity index is 0.000000637. The number of hydrogen-bond acceptors (Lipinski definition) is 2. The fourth-order valence-electron chi connectivity index (χ4n) is 2.34. The van der Waals surface area contributed by atoms with Crippen LogP contribution in [0.2, 0.25) is 0 Å². The zero-order valence-corrected chi connectivity index (χ0v) is 11.8. The average molecular weight is 262 g/mol. The van der Waals surface area contributed by atoms with E-state index < -0.39 is 6.36 Å². The normalized spacial score (nSPS) is 13.1. The highest BCUT2D eigenvalue weighted by atomic mass is 19.1. The first-order valence-electron chi connectivity index (χ1n) is 6.60. The van der Waals surface area contributed by atoms with E-state index >= 15 is 0 Å². The van der Waals surface area contributed by atoms with E-state index in [4.69, 9.17) is 4.74 Å². The van der Waals surface area contributed by atoms with Crippen molar-refractivity contribution in [3.8, 4) is 17.0 Å². The van der Waals surface area contributed by atoms with Gasteiger partial charge in [-0.3, -0.25) is 4.68 Å². The van der Waals surface area contributed by atoms with Crippen molar-refractivity contribution in [1.82, 2.24) is 9.78 Å². The van der Waals surface area contributed by atoms with Gasteiger partial charge in [0.2, 0.25) is 6.36 Å². The number of alkyl halides is 1. The van der Waals surface area contributed by atoms with E-state index in [-0.39, 0.29) is 0 Å². The van der Waals surface area contributed by atoms with Gasteiger partial charge in [0.25, 0.3) is 0 Å². The molecule has 0 amide bonds. The van der Waals surface area contributed by atoms with Gasteiger partial charge in [-0.2, -0.15) is 5.10 Å². The Morgan fingerprint density at radius 2 is 2.11 bits per heavy atom. The molecule has 3 rings (SSSR count). The first kappa shape index (κ1) is 13.6. The standard InChI is InChI=1S/C13H13FN2O.C2H6/c1-8(14)17-12-5-3-4-10-11(12)6-9-7-16(2)15-13(9)10;1-2/h3-5,7-8H,6H2,1-2H3;1-2H3. The van der Waals surface area contributed by atoms with Gasteiger partial charge in [0.1, 0.15) is 5.75 Å². The molecule has 0 saturated heterocycles. The quantitative estimate of drug-likeness (QED) is 0.704. The second-order valence-electron chi connectivity index (χ2n) is 4.30. The topological polar surface area (TPSA) is 27.1 Å². The Kier molecular flexibility index (Phi) is 3.88. The van der Waals surface area contributed by atoms with Gasteiger partial charge < -0.3 is 4.74 Å². The summed E-state index contributed by atoms with van der Waals surface area (Å²) < 4.78 is 19.9. The molecule has 0 aliphatic heterocycles. The predicted octanol–water partition coefficient (Wildman–Crippen LogP) is 3.71. The molecule has 1 unspecified atom stereocenters. The van der Waals surface area contributed by atoms with Crippen molar-refractivity contribution in [2.75, 3.05) is 0 Å². The number of rotatable bonds is 2. The predicted molar refractivity (Wildman–Crippen MR) is 74.0 cm³/mol. The zero-order valence-electron chi connectivity index (χ0n) is 11.8. The number of aromatic nitrogens is 2. The lowest BCUT2D eigenvalue weighted by atomic mass is 10.1. The minimum absolute atomic E-state index is 0.623. The number of fused-ring (bicyclic) bond motifs is 3. The van der Waals surface area contributed by atoms with E-state index in [0.717, 1.165) is 23.2 Å². The molecule has 0 fully saturated rings. The van der Waals surface area contributed by atoms with Crippen molar-refractivity contribution in [3.63, 3.8) is 0 Å². The van der Waals surface area contributed by atoms with Crippen LogP contribution in [0.1, 0.15) is 31.9 Å². The third-order valence-corrected chi connectivity index (χ3v) is 2.95. The molecule has 3 nitrogen and oxygen atoms in total. The fraction of sp³-hybridized carbons (Fsp3) is 0.400. The highest BCUT2D eigenvalue weighted by molar-refractivity contribution is 5.75. The van der Waals surface area contributed by atoms with E-state index in [2.05, 4.69) is 5.10 Å². The number of aryl methyl sites for hydroxylation is 1. The summed E-state index contributed by atoms with van der Waals surface area (Å²) in [6, 6.07) is 5.69. The molecule has 19 heavy (non-hydrogen) atoms. The zero-order chi connectivity index (χ0) is 14.0. The molecule has 1 aliphatic carbocycles. The lowest BCUT2D eigenvalue weighted by molar-refractivity contribution is 0.0852. The van der Waals surface area contributed by atoms with Crippen LogP contribution in [0.3, 0.4) is 0 Å². The van der Waals surface area contributed by atoms with Crippen LogP contribution in [0, 0.1) is 0 Å². The molecule has 1 heterocycles. The lowest BCUT2D eigenvalue weighted by Gasteiger charge is -2.11. The number of ether oxygens (including phenoxy) is 1.